The molecule has 1 unspecified atom stereocenters. The van der Waals surface area contributed by atoms with Gasteiger partial charge >= 0.3 is 0 Å². The second kappa shape index (κ2) is 6.04. The first kappa shape index (κ1) is 13.8. The van der Waals surface area contributed by atoms with Crippen LogP contribution >= 0.6 is 11.3 Å². The third kappa shape index (κ3) is 2.72. The van der Waals surface area contributed by atoms with Crippen LogP contribution in [0.15, 0.2) is 24.3 Å². The molecule has 2 rings (SSSR count). The van der Waals surface area contributed by atoms with E-state index in [2.05, 4.69) is 22.5 Å². The summed E-state index contributed by atoms with van der Waals surface area (Å²) in [6.07, 6.45) is 0. The Labute approximate surface area is 117 Å². The average molecular weight is 277 g/mol. The summed E-state index contributed by atoms with van der Waals surface area (Å²) in [5, 5.41) is 7.30. The highest BCUT2D eigenvalue weighted by molar-refractivity contribution is 7.16. The summed E-state index contributed by atoms with van der Waals surface area (Å²) < 4.78 is 5.43. The van der Waals surface area contributed by atoms with Gasteiger partial charge in [-0.1, -0.05) is 23.5 Å². The van der Waals surface area contributed by atoms with Gasteiger partial charge in [-0.15, -0.1) is 0 Å². The van der Waals surface area contributed by atoms with E-state index in [4.69, 9.17) is 4.74 Å². The Kier molecular flexibility index (Phi) is 4.39. The van der Waals surface area contributed by atoms with Crippen LogP contribution in [0.4, 0.5) is 5.13 Å². The lowest BCUT2D eigenvalue weighted by atomic mass is 10.1. The third-order valence-corrected chi connectivity index (χ3v) is 4.31. The van der Waals surface area contributed by atoms with E-state index < -0.39 is 0 Å². The Bertz CT molecular complexity index is 553. The van der Waals surface area contributed by atoms with Gasteiger partial charge in [-0.2, -0.15) is 0 Å². The molecule has 0 aliphatic rings. The molecule has 2 N–H and O–H groups in total. The van der Waals surface area contributed by atoms with Gasteiger partial charge in [0.05, 0.1) is 17.7 Å². The standard InChI is InChI=1S/C14H19N3OS/c1-9(15-2)13-12(17-14(16-3)19-13)10-7-5-6-8-11(10)18-4/h5-9,15H,1-4H3,(H,16,17). The second-order valence-corrected chi connectivity index (χ2v) is 5.22. The van der Waals surface area contributed by atoms with Crippen LogP contribution in [0.2, 0.25) is 0 Å². The summed E-state index contributed by atoms with van der Waals surface area (Å²) >= 11 is 1.67. The molecule has 0 bridgehead atoms. The Morgan fingerprint density at radius 2 is 2.00 bits per heavy atom. The third-order valence-electron chi connectivity index (χ3n) is 3.06. The zero-order valence-corrected chi connectivity index (χ0v) is 12.5. The summed E-state index contributed by atoms with van der Waals surface area (Å²) in [5.41, 5.74) is 2.01. The summed E-state index contributed by atoms with van der Waals surface area (Å²) in [5.74, 6) is 0.847. The van der Waals surface area contributed by atoms with Crippen molar-refractivity contribution < 1.29 is 4.74 Å². The monoisotopic (exact) mass is 277 g/mol. The van der Waals surface area contributed by atoms with Gasteiger partial charge in [-0.05, 0) is 26.1 Å². The Morgan fingerprint density at radius 1 is 1.26 bits per heavy atom. The van der Waals surface area contributed by atoms with Crippen LogP contribution in [0.1, 0.15) is 17.8 Å². The maximum absolute atomic E-state index is 5.43. The molecule has 1 atom stereocenters. The number of nitrogens with one attached hydrogen (secondary N) is 2. The van der Waals surface area contributed by atoms with Crippen molar-refractivity contribution in [3.8, 4) is 17.0 Å². The highest BCUT2D eigenvalue weighted by atomic mass is 32.1. The zero-order valence-electron chi connectivity index (χ0n) is 11.7. The fraction of sp³-hybridized carbons (Fsp3) is 0.357. The molecule has 0 amide bonds. The van der Waals surface area contributed by atoms with E-state index in [1.807, 2.05) is 38.4 Å². The molecular formula is C14H19N3OS. The zero-order chi connectivity index (χ0) is 13.8. The Balaban J connectivity index is 2.57. The normalized spacial score (nSPS) is 12.2. The van der Waals surface area contributed by atoms with Gasteiger partial charge in [0.15, 0.2) is 5.13 Å². The Morgan fingerprint density at radius 3 is 2.63 bits per heavy atom. The first-order chi connectivity index (χ1) is 9.21. The molecule has 1 aromatic heterocycles. The average Bonchev–Trinajstić information content (AvgIpc) is 2.90. The summed E-state index contributed by atoms with van der Waals surface area (Å²) in [6.45, 7) is 2.13. The molecule has 0 aliphatic carbocycles. The molecule has 2 aromatic rings. The van der Waals surface area contributed by atoms with E-state index in [1.165, 1.54) is 4.88 Å². The summed E-state index contributed by atoms with van der Waals surface area (Å²) in [7, 11) is 5.53. The lowest BCUT2D eigenvalue weighted by molar-refractivity contribution is 0.416. The molecular weight excluding hydrogens is 258 g/mol. The number of para-hydroxylation sites is 1. The predicted molar refractivity (Wildman–Crippen MR) is 81.1 cm³/mol. The van der Waals surface area contributed by atoms with E-state index in [0.717, 1.165) is 22.1 Å². The number of aromatic nitrogens is 1. The fourth-order valence-corrected chi connectivity index (χ4v) is 2.89. The first-order valence-electron chi connectivity index (χ1n) is 6.20. The number of hydrogen-bond acceptors (Lipinski definition) is 5. The van der Waals surface area contributed by atoms with E-state index in [-0.39, 0.29) is 6.04 Å². The molecule has 4 nitrogen and oxygen atoms in total. The lowest BCUT2D eigenvalue weighted by Gasteiger charge is -2.12. The van der Waals surface area contributed by atoms with Crippen LogP contribution in [0.25, 0.3) is 11.3 Å². The quantitative estimate of drug-likeness (QED) is 0.881. The van der Waals surface area contributed by atoms with Gasteiger partial charge in [-0.25, -0.2) is 4.98 Å². The van der Waals surface area contributed by atoms with Crippen molar-refractivity contribution in [3.63, 3.8) is 0 Å². The molecule has 1 heterocycles. The van der Waals surface area contributed by atoms with Crippen LogP contribution in [-0.4, -0.2) is 26.2 Å². The number of benzene rings is 1. The molecule has 19 heavy (non-hydrogen) atoms. The molecule has 1 aromatic carbocycles. The number of rotatable bonds is 5. The van der Waals surface area contributed by atoms with Gasteiger partial charge in [0.1, 0.15) is 5.75 Å². The van der Waals surface area contributed by atoms with E-state index >= 15 is 0 Å². The van der Waals surface area contributed by atoms with Crippen molar-refractivity contribution in [1.82, 2.24) is 10.3 Å². The molecule has 102 valence electrons. The van der Waals surface area contributed by atoms with Crippen molar-refractivity contribution in [3.05, 3.63) is 29.1 Å². The van der Waals surface area contributed by atoms with Gasteiger partial charge in [0.2, 0.25) is 0 Å². The highest BCUT2D eigenvalue weighted by Crippen LogP contribution is 2.38. The minimum absolute atomic E-state index is 0.250. The molecule has 0 saturated heterocycles. The lowest BCUT2D eigenvalue weighted by Crippen LogP contribution is -2.11. The Hall–Kier alpha value is -1.59. The van der Waals surface area contributed by atoms with Crippen LogP contribution in [0.3, 0.4) is 0 Å². The number of ether oxygens (including phenoxy) is 1. The van der Waals surface area contributed by atoms with Gasteiger partial charge in [0.25, 0.3) is 0 Å². The van der Waals surface area contributed by atoms with Crippen LogP contribution in [0, 0.1) is 0 Å². The van der Waals surface area contributed by atoms with Crippen molar-refractivity contribution in [2.24, 2.45) is 0 Å². The van der Waals surface area contributed by atoms with E-state index in [1.54, 1.807) is 18.4 Å². The van der Waals surface area contributed by atoms with E-state index in [0.29, 0.717) is 0 Å². The van der Waals surface area contributed by atoms with Crippen molar-refractivity contribution in [2.45, 2.75) is 13.0 Å². The number of thiazole rings is 1. The number of anilines is 1. The first-order valence-corrected chi connectivity index (χ1v) is 7.02. The fourth-order valence-electron chi connectivity index (χ4n) is 1.90. The minimum Gasteiger partial charge on any atom is -0.496 e. The topological polar surface area (TPSA) is 46.2 Å². The molecule has 0 fully saturated rings. The molecule has 5 heteroatoms. The molecule has 0 spiro atoms. The summed E-state index contributed by atoms with van der Waals surface area (Å²) in [4.78, 5) is 5.87. The van der Waals surface area contributed by atoms with Crippen LogP contribution in [0.5, 0.6) is 5.75 Å². The SMILES string of the molecule is CNc1nc(-c2ccccc2OC)c(C(C)NC)s1. The smallest absolute Gasteiger partial charge is 0.183 e. The maximum atomic E-state index is 5.43. The maximum Gasteiger partial charge on any atom is 0.183 e. The minimum atomic E-state index is 0.250. The highest BCUT2D eigenvalue weighted by Gasteiger charge is 2.19. The predicted octanol–water partition coefficient (Wildman–Crippen LogP) is 3.14. The number of hydrogen-bond donors (Lipinski definition) is 2. The van der Waals surface area contributed by atoms with Crippen molar-refractivity contribution >= 4 is 16.5 Å². The van der Waals surface area contributed by atoms with Crippen LogP contribution < -0.4 is 15.4 Å². The van der Waals surface area contributed by atoms with Gasteiger partial charge in [-0.3, -0.25) is 0 Å². The van der Waals surface area contributed by atoms with Gasteiger partial charge < -0.3 is 15.4 Å². The van der Waals surface area contributed by atoms with Crippen molar-refractivity contribution in [1.29, 1.82) is 0 Å². The number of nitrogens with zero attached hydrogens (tertiary/aromatic N) is 1. The number of methoxy groups -OCH3 is 1. The largest absolute Gasteiger partial charge is 0.496 e. The van der Waals surface area contributed by atoms with Gasteiger partial charge in [0, 0.05) is 18.7 Å². The molecule has 0 radical (unpaired) electrons. The second-order valence-electron chi connectivity index (χ2n) is 4.19. The summed E-state index contributed by atoms with van der Waals surface area (Å²) in [6, 6.07) is 8.22. The molecule has 0 aliphatic heterocycles. The van der Waals surface area contributed by atoms with Crippen molar-refractivity contribution in [2.75, 3.05) is 26.5 Å². The van der Waals surface area contributed by atoms with Crippen LogP contribution in [-0.2, 0) is 0 Å². The van der Waals surface area contributed by atoms with E-state index in [9.17, 15) is 0 Å². The molecule has 0 saturated carbocycles.